The van der Waals surface area contributed by atoms with Gasteiger partial charge in [-0.3, -0.25) is 14.4 Å². The van der Waals surface area contributed by atoms with Gasteiger partial charge in [0.05, 0.1) is 5.92 Å². The minimum atomic E-state index is -0.436. The van der Waals surface area contributed by atoms with Crippen molar-refractivity contribution >= 4 is 18.3 Å². The molecule has 1 saturated heterocycles. The SMILES string of the molecule is CCCCCCCC(CC1OC(=O)C1CCCCCCCC(C)C)OC(=O)CNC=O. The number of hydrogen-bond acceptors (Lipinski definition) is 5. The van der Waals surface area contributed by atoms with Crippen LogP contribution in [-0.2, 0) is 23.9 Å². The van der Waals surface area contributed by atoms with Crippen molar-refractivity contribution in [1.29, 1.82) is 0 Å². The highest BCUT2D eigenvalue weighted by atomic mass is 16.6. The van der Waals surface area contributed by atoms with Crippen LogP contribution in [0.15, 0.2) is 0 Å². The summed E-state index contributed by atoms with van der Waals surface area (Å²) in [6.45, 7) is 6.58. The van der Waals surface area contributed by atoms with E-state index in [1.54, 1.807) is 0 Å². The summed E-state index contributed by atoms with van der Waals surface area (Å²) in [4.78, 5) is 34.4. The fourth-order valence-electron chi connectivity index (χ4n) is 4.17. The lowest BCUT2D eigenvalue weighted by molar-refractivity contribution is -0.190. The number of esters is 2. The van der Waals surface area contributed by atoms with Crippen LogP contribution in [0.1, 0.15) is 111 Å². The highest BCUT2D eigenvalue weighted by Crippen LogP contribution is 2.32. The van der Waals surface area contributed by atoms with E-state index in [0.717, 1.165) is 44.4 Å². The second kappa shape index (κ2) is 17.0. The monoisotopic (exact) mass is 439 g/mol. The van der Waals surface area contributed by atoms with Gasteiger partial charge in [0.1, 0.15) is 18.8 Å². The smallest absolute Gasteiger partial charge is 0.325 e. The molecular weight excluding hydrogens is 394 g/mol. The standard InChI is InChI=1S/C25H45NO5/c1-4-5-6-8-12-15-21(30-24(28)18-26-19-27)17-23-22(25(29)31-23)16-13-10-7-9-11-14-20(2)3/h19-23H,4-18H2,1-3H3,(H,26,27). The molecular formula is C25H45NO5. The Balaban J connectivity index is 2.38. The number of cyclic esters (lactones) is 1. The quantitative estimate of drug-likeness (QED) is 0.158. The molecule has 31 heavy (non-hydrogen) atoms. The molecule has 0 saturated carbocycles. The molecule has 1 fully saturated rings. The third-order valence-electron chi connectivity index (χ3n) is 6.07. The first-order valence-corrected chi connectivity index (χ1v) is 12.5. The van der Waals surface area contributed by atoms with Gasteiger partial charge in [0.25, 0.3) is 0 Å². The van der Waals surface area contributed by atoms with E-state index >= 15 is 0 Å². The molecule has 1 aliphatic heterocycles. The number of nitrogens with one attached hydrogen (secondary N) is 1. The summed E-state index contributed by atoms with van der Waals surface area (Å²) < 4.78 is 11.0. The summed E-state index contributed by atoms with van der Waals surface area (Å²) in [5.41, 5.74) is 0. The molecule has 3 unspecified atom stereocenters. The maximum absolute atomic E-state index is 12.0. The largest absolute Gasteiger partial charge is 0.461 e. The minimum Gasteiger partial charge on any atom is -0.461 e. The molecule has 6 nitrogen and oxygen atoms in total. The zero-order valence-corrected chi connectivity index (χ0v) is 20.0. The molecule has 1 heterocycles. The predicted molar refractivity (Wildman–Crippen MR) is 122 cm³/mol. The van der Waals surface area contributed by atoms with Gasteiger partial charge in [0, 0.05) is 6.42 Å². The summed E-state index contributed by atoms with van der Waals surface area (Å²) in [5, 5.41) is 2.35. The minimum absolute atomic E-state index is 0.0648. The number of rotatable bonds is 20. The van der Waals surface area contributed by atoms with E-state index < -0.39 is 5.97 Å². The van der Waals surface area contributed by atoms with Crippen LogP contribution in [0.3, 0.4) is 0 Å². The van der Waals surface area contributed by atoms with E-state index in [1.807, 2.05) is 0 Å². The van der Waals surface area contributed by atoms with Gasteiger partial charge in [0.2, 0.25) is 6.41 Å². The summed E-state index contributed by atoms with van der Waals surface area (Å²) in [7, 11) is 0. The fraction of sp³-hybridized carbons (Fsp3) is 0.880. The zero-order chi connectivity index (χ0) is 22.9. The zero-order valence-electron chi connectivity index (χ0n) is 20.0. The number of unbranched alkanes of at least 4 members (excludes halogenated alkanes) is 8. The Hall–Kier alpha value is -1.59. The van der Waals surface area contributed by atoms with Crippen molar-refractivity contribution in [3.05, 3.63) is 0 Å². The Kier molecular flexibility index (Phi) is 15.1. The Bertz CT molecular complexity index is 508. The van der Waals surface area contributed by atoms with E-state index in [4.69, 9.17) is 9.47 Å². The predicted octanol–water partition coefficient (Wildman–Crippen LogP) is 5.32. The third-order valence-corrected chi connectivity index (χ3v) is 6.07. The topological polar surface area (TPSA) is 81.7 Å². The lowest BCUT2D eigenvalue weighted by atomic mass is 9.86. The van der Waals surface area contributed by atoms with Crippen LogP contribution in [0.4, 0.5) is 0 Å². The number of ether oxygens (including phenoxy) is 2. The molecule has 0 radical (unpaired) electrons. The molecule has 0 aliphatic carbocycles. The average molecular weight is 440 g/mol. The van der Waals surface area contributed by atoms with Gasteiger partial charge in [-0.05, 0) is 25.2 Å². The second-order valence-electron chi connectivity index (χ2n) is 9.37. The van der Waals surface area contributed by atoms with Gasteiger partial charge in [-0.25, -0.2) is 0 Å². The molecule has 6 heteroatoms. The summed E-state index contributed by atoms with van der Waals surface area (Å²) in [5.74, 6) is 0.160. The molecule has 1 rings (SSSR count). The van der Waals surface area contributed by atoms with Crippen LogP contribution < -0.4 is 5.32 Å². The van der Waals surface area contributed by atoms with Crippen molar-refractivity contribution in [3.63, 3.8) is 0 Å². The van der Waals surface area contributed by atoms with Crippen molar-refractivity contribution < 1.29 is 23.9 Å². The molecule has 1 N–H and O–H groups in total. The van der Waals surface area contributed by atoms with Crippen molar-refractivity contribution in [2.45, 2.75) is 123 Å². The van der Waals surface area contributed by atoms with Gasteiger partial charge < -0.3 is 14.8 Å². The summed E-state index contributed by atoms with van der Waals surface area (Å²) >= 11 is 0. The van der Waals surface area contributed by atoms with E-state index in [2.05, 4.69) is 26.1 Å². The highest BCUT2D eigenvalue weighted by Gasteiger charge is 2.43. The lowest BCUT2D eigenvalue weighted by Crippen LogP contribution is -2.47. The van der Waals surface area contributed by atoms with Crippen molar-refractivity contribution in [2.24, 2.45) is 11.8 Å². The number of hydrogen-bond donors (Lipinski definition) is 1. The van der Waals surface area contributed by atoms with Crippen LogP contribution >= 0.6 is 0 Å². The first kappa shape index (κ1) is 27.4. The first-order chi connectivity index (χ1) is 15.0. The number of carbonyl (C=O) groups excluding carboxylic acids is 3. The van der Waals surface area contributed by atoms with Crippen molar-refractivity contribution in [2.75, 3.05) is 6.54 Å². The molecule has 0 bridgehead atoms. The highest BCUT2D eigenvalue weighted by molar-refractivity contribution is 5.78. The van der Waals surface area contributed by atoms with Gasteiger partial charge >= 0.3 is 11.9 Å². The Morgan fingerprint density at radius 1 is 1.03 bits per heavy atom. The maximum Gasteiger partial charge on any atom is 0.325 e. The molecule has 0 aromatic rings. The van der Waals surface area contributed by atoms with Crippen LogP contribution in [0, 0.1) is 11.8 Å². The summed E-state index contributed by atoms with van der Waals surface area (Å²) in [6, 6.07) is 0. The molecule has 0 aromatic carbocycles. The van der Waals surface area contributed by atoms with Crippen LogP contribution in [0.25, 0.3) is 0 Å². The Labute approximate surface area is 189 Å². The molecule has 3 atom stereocenters. The molecule has 0 aromatic heterocycles. The molecule has 180 valence electrons. The number of carbonyl (C=O) groups is 3. The van der Waals surface area contributed by atoms with E-state index in [-0.39, 0.29) is 30.6 Å². The van der Waals surface area contributed by atoms with Crippen LogP contribution in [0.5, 0.6) is 0 Å². The van der Waals surface area contributed by atoms with Crippen LogP contribution in [0.2, 0.25) is 0 Å². The lowest BCUT2D eigenvalue weighted by Gasteiger charge is -2.37. The average Bonchev–Trinajstić information content (AvgIpc) is 2.73. The van der Waals surface area contributed by atoms with Gasteiger partial charge in [-0.2, -0.15) is 0 Å². The summed E-state index contributed by atoms with van der Waals surface area (Å²) in [6.07, 6.45) is 15.2. The Morgan fingerprint density at radius 2 is 1.68 bits per heavy atom. The Morgan fingerprint density at radius 3 is 2.32 bits per heavy atom. The first-order valence-electron chi connectivity index (χ1n) is 12.5. The second-order valence-corrected chi connectivity index (χ2v) is 9.37. The van der Waals surface area contributed by atoms with Crippen LogP contribution in [-0.4, -0.2) is 37.1 Å². The van der Waals surface area contributed by atoms with E-state index in [0.29, 0.717) is 12.8 Å². The maximum atomic E-state index is 12.0. The fourth-order valence-corrected chi connectivity index (χ4v) is 4.17. The van der Waals surface area contributed by atoms with Crippen molar-refractivity contribution in [1.82, 2.24) is 5.32 Å². The van der Waals surface area contributed by atoms with Gasteiger partial charge in [-0.15, -0.1) is 0 Å². The molecule has 0 spiro atoms. The van der Waals surface area contributed by atoms with E-state index in [9.17, 15) is 14.4 Å². The number of amides is 1. The normalized spacial score (nSPS) is 18.9. The molecule has 1 amide bonds. The van der Waals surface area contributed by atoms with Gasteiger partial charge in [-0.1, -0.05) is 85.0 Å². The van der Waals surface area contributed by atoms with E-state index in [1.165, 1.54) is 44.9 Å². The third kappa shape index (κ3) is 12.8. The van der Waals surface area contributed by atoms with Crippen molar-refractivity contribution in [3.8, 4) is 0 Å². The molecule has 1 aliphatic rings. The van der Waals surface area contributed by atoms with Gasteiger partial charge in [0.15, 0.2) is 0 Å².